The quantitative estimate of drug-likeness (QED) is 0.210. The Morgan fingerprint density at radius 1 is 0.756 bits per heavy atom. The van der Waals surface area contributed by atoms with Crippen LogP contribution in [0.15, 0.2) is 109 Å². The molecule has 0 N–H and O–H groups in total. The van der Waals surface area contributed by atoms with Crippen molar-refractivity contribution in [3.05, 3.63) is 146 Å². The van der Waals surface area contributed by atoms with Gasteiger partial charge in [0.25, 0.3) is 0 Å². The summed E-state index contributed by atoms with van der Waals surface area (Å²) in [6.45, 7) is 2.34. The van der Waals surface area contributed by atoms with E-state index in [1.807, 2.05) is 12.1 Å². The van der Waals surface area contributed by atoms with Crippen LogP contribution in [0.25, 0.3) is 39.8 Å². The highest BCUT2D eigenvalue weighted by atomic mass is 35.5. The van der Waals surface area contributed by atoms with E-state index < -0.39 is 0 Å². The molecule has 1 atom stereocenters. The zero-order valence-corrected chi connectivity index (χ0v) is 23.9. The Morgan fingerprint density at radius 2 is 1.59 bits per heavy atom. The summed E-state index contributed by atoms with van der Waals surface area (Å²) in [5, 5.41) is 6.30. The fraction of sp³-hybridized carbons (Fsp3) is 0.158. The maximum absolute atomic E-state index is 6.80. The third kappa shape index (κ3) is 3.78. The highest BCUT2D eigenvalue weighted by molar-refractivity contribution is 6.33. The summed E-state index contributed by atoms with van der Waals surface area (Å²) in [7, 11) is 0. The lowest BCUT2D eigenvalue weighted by molar-refractivity contribution is 0.548. The first-order chi connectivity index (χ1) is 20.2. The average molecular weight is 551 g/mol. The standard InChI is InChI=1S/C38H31ClN2/c1-2-25-16-18-31-30-19-17-26-10-3-4-12-28(26)29(30)20-21-33(31)37(25)41-23-9-15-36(41)38-34(32-13-5-6-14-35(32)39)24-27-11-7-8-22-40(27)38/h3-15,17,20-25H,2,16,18-19H2,1H3. The lowest BCUT2D eigenvalue weighted by Gasteiger charge is -2.29. The van der Waals surface area contributed by atoms with E-state index in [-0.39, 0.29) is 0 Å². The normalized spacial score (nSPS) is 15.8. The second kappa shape index (κ2) is 9.68. The van der Waals surface area contributed by atoms with Gasteiger partial charge in [-0.05, 0) is 94.1 Å². The van der Waals surface area contributed by atoms with Crippen LogP contribution in [0.3, 0.4) is 0 Å². The molecule has 0 spiro atoms. The van der Waals surface area contributed by atoms with Gasteiger partial charge in [-0.3, -0.25) is 0 Å². The lowest BCUT2D eigenvalue weighted by Crippen LogP contribution is -2.30. The fourth-order valence-electron chi connectivity index (χ4n) is 7.29. The van der Waals surface area contributed by atoms with Crippen molar-refractivity contribution < 1.29 is 0 Å². The first kappa shape index (κ1) is 24.5. The Balaban J connectivity index is 1.44. The molecule has 0 aliphatic heterocycles. The molecule has 2 aliphatic rings. The van der Waals surface area contributed by atoms with Crippen molar-refractivity contribution in [1.82, 2.24) is 8.97 Å². The van der Waals surface area contributed by atoms with Crippen LogP contribution in [0.1, 0.15) is 30.9 Å². The average Bonchev–Trinajstić information content (AvgIpc) is 3.64. The number of pyridine rings is 1. The van der Waals surface area contributed by atoms with Gasteiger partial charge in [-0.15, -0.1) is 0 Å². The van der Waals surface area contributed by atoms with Gasteiger partial charge in [-0.2, -0.15) is 0 Å². The molecule has 2 aliphatic carbocycles. The molecule has 2 nitrogen and oxygen atoms in total. The first-order valence-electron chi connectivity index (χ1n) is 14.7. The van der Waals surface area contributed by atoms with E-state index in [2.05, 4.69) is 119 Å². The Bertz CT molecular complexity index is 2200. The topological polar surface area (TPSA) is 9.34 Å². The van der Waals surface area contributed by atoms with Gasteiger partial charge in [0, 0.05) is 45.7 Å². The smallest absolute Gasteiger partial charge is 0.0777 e. The SMILES string of the molecule is CCC1CCc2c3c(ccc2=C1n1cccc1-c1c(-c2ccccc2Cl)cc2ccccn12)=c1ccccc1=CC3. The summed E-state index contributed by atoms with van der Waals surface area (Å²) in [5.41, 5.74) is 10.2. The van der Waals surface area contributed by atoms with E-state index in [1.165, 1.54) is 55.5 Å². The second-order valence-corrected chi connectivity index (χ2v) is 11.7. The third-order valence-electron chi connectivity index (χ3n) is 9.20. The van der Waals surface area contributed by atoms with Gasteiger partial charge >= 0.3 is 0 Å². The molecule has 41 heavy (non-hydrogen) atoms. The van der Waals surface area contributed by atoms with Gasteiger partial charge < -0.3 is 8.97 Å². The molecule has 0 amide bonds. The second-order valence-electron chi connectivity index (χ2n) is 11.3. The minimum Gasteiger partial charge on any atom is -0.318 e. The zero-order valence-electron chi connectivity index (χ0n) is 23.1. The summed E-state index contributed by atoms with van der Waals surface area (Å²) in [6, 6.07) is 34.9. The van der Waals surface area contributed by atoms with Crippen LogP contribution in [0, 0.1) is 16.4 Å². The molecule has 0 saturated carbocycles. The summed E-state index contributed by atoms with van der Waals surface area (Å²) in [4.78, 5) is 0. The van der Waals surface area contributed by atoms with Gasteiger partial charge in [0.2, 0.25) is 0 Å². The van der Waals surface area contributed by atoms with E-state index in [4.69, 9.17) is 11.6 Å². The predicted octanol–water partition coefficient (Wildman–Crippen LogP) is 7.98. The molecule has 3 heteroatoms. The number of benzene rings is 3. The van der Waals surface area contributed by atoms with E-state index in [0.29, 0.717) is 5.92 Å². The molecule has 0 bridgehead atoms. The number of rotatable bonds is 4. The van der Waals surface area contributed by atoms with Crippen LogP contribution >= 0.6 is 11.6 Å². The van der Waals surface area contributed by atoms with Crippen molar-refractivity contribution in [3.63, 3.8) is 0 Å². The molecule has 3 aromatic carbocycles. The number of halogens is 1. The number of aromatic nitrogens is 2. The van der Waals surface area contributed by atoms with Crippen LogP contribution in [-0.2, 0) is 12.8 Å². The van der Waals surface area contributed by atoms with Crippen LogP contribution in [0.2, 0.25) is 5.02 Å². The minimum absolute atomic E-state index is 0.488. The molecule has 0 radical (unpaired) electrons. The number of hydrogen-bond donors (Lipinski definition) is 0. The van der Waals surface area contributed by atoms with E-state index >= 15 is 0 Å². The van der Waals surface area contributed by atoms with Crippen molar-refractivity contribution in [1.29, 1.82) is 0 Å². The molecule has 0 fully saturated rings. The van der Waals surface area contributed by atoms with E-state index in [0.717, 1.165) is 40.9 Å². The van der Waals surface area contributed by atoms with E-state index in [1.54, 1.807) is 0 Å². The van der Waals surface area contributed by atoms with Crippen molar-refractivity contribution in [2.45, 2.75) is 32.6 Å². The minimum atomic E-state index is 0.488. The van der Waals surface area contributed by atoms with Crippen LogP contribution in [0.5, 0.6) is 0 Å². The van der Waals surface area contributed by atoms with Gasteiger partial charge in [0.1, 0.15) is 0 Å². The Labute approximate surface area is 244 Å². The molecule has 3 aromatic heterocycles. The van der Waals surface area contributed by atoms with Gasteiger partial charge in [-0.25, -0.2) is 0 Å². The largest absolute Gasteiger partial charge is 0.318 e. The Kier molecular flexibility index (Phi) is 5.79. The van der Waals surface area contributed by atoms with Gasteiger partial charge in [0.05, 0.1) is 11.4 Å². The molecule has 200 valence electrons. The van der Waals surface area contributed by atoms with E-state index in [9.17, 15) is 0 Å². The lowest BCUT2D eigenvalue weighted by atomic mass is 9.82. The van der Waals surface area contributed by atoms with Crippen molar-refractivity contribution in [2.75, 3.05) is 0 Å². The summed E-state index contributed by atoms with van der Waals surface area (Å²) >= 11 is 6.80. The molecule has 6 aromatic rings. The van der Waals surface area contributed by atoms with Crippen LogP contribution in [-0.4, -0.2) is 8.97 Å². The summed E-state index contributed by atoms with van der Waals surface area (Å²) < 4.78 is 4.79. The maximum Gasteiger partial charge on any atom is 0.0777 e. The monoisotopic (exact) mass is 550 g/mol. The fourth-order valence-corrected chi connectivity index (χ4v) is 7.53. The Hall–Kier alpha value is -4.27. The first-order valence-corrected chi connectivity index (χ1v) is 15.1. The van der Waals surface area contributed by atoms with Gasteiger partial charge in [0.15, 0.2) is 0 Å². The molecular weight excluding hydrogens is 520 g/mol. The number of nitrogens with zero attached hydrogens (tertiary/aromatic N) is 2. The van der Waals surface area contributed by atoms with Crippen LogP contribution in [0.4, 0.5) is 0 Å². The van der Waals surface area contributed by atoms with Gasteiger partial charge in [-0.1, -0.05) is 85.3 Å². The molecule has 3 heterocycles. The highest BCUT2D eigenvalue weighted by Gasteiger charge is 2.27. The molecular formula is C38H31ClN2. The van der Waals surface area contributed by atoms with Crippen LogP contribution < -0.4 is 10.4 Å². The van der Waals surface area contributed by atoms with Crippen molar-refractivity contribution in [2.24, 2.45) is 5.92 Å². The molecule has 8 rings (SSSR count). The maximum atomic E-state index is 6.80. The highest BCUT2D eigenvalue weighted by Crippen LogP contribution is 2.40. The predicted molar refractivity (Wildman–Crippen MR) is 170 cm³/mol. The van der Waals surface area contributed by atoms with Crippen molar-refractivity contribution >= 4 is 28.9 Å². The number of hydrogen-bond acceptors (Lipinski definition) is 0. The molecule has 1 unspecified atom stereocenters. The molecule has 0 saturated heterocycles. The summed E-state index contributed by atoms with van der Waals surface area (Å²) in [5.74, 6) is 0.488. The number of fused-ring (bicyclic) bond motifs is 5. The summed E-state index contributed by atoms with van der Waals surface area (Å²) in [6.07, 6.45) is 11.3. The third-order valence-corrected chi connectivity index (χ3v) is 9.53. The Morgan fingerprint density at radius 3 is 2.49 bits per heavy atom. The zero-order chi connectivity index (χ0) is 27.5. The van der Waals surface area contributed by atoms with Crippen molar-refractivity contribution in [3.8, 4) is 22.5 Å².